The van der Waals surface area contributed by atoms with Crippen LogP contribution in [0.2, 0.25) is 0 Å². The summed E-state index contributed by atoms with van der Waals surface area (Å²) in [6.45, 7) is 8.70. The Kier molecular flexibility index (Phi) is 10.4. The van der Waals surface area contributed by atoms with Crippen LogP contribution in [0.25, 0.3) is 0 Å². The molecule has 7 nitrogen and oxygen atoms in total. The number of nitrogens with one attached hydrogen (secondary N) is 3. The number of carbonyl (C=O) groups excluding carboxylic acids is 1. The van der Waals surface area contributed by atoms with Gasteiger partial charge in [-0.15, -0.1) is 0 Å². The number of benzene rings is 2. The maximum Gasteiger partial charge on any atom is 0.221 e. The fraction of sp³-hybridized carbons (Fsp3) is 0.417. The first-order valence-corrected chi connectivity index (χ1v) is 10.6. The quantitative estimate of drug-likeness (QED) is 0.292. The molecule has 0 spiro atoms. The van der Waals surface area contributed by atoms with Crippen molar-refractivity contribution >= 4 is 17.6 Å². The molecule has 0 unspecified atom stereocenters. The lowest BCUT2D eigenvalue weighted by atomic mass is 10.1. The second-order valence-electron chi connectivity index (χ2n) is 7.20. The molecule has 3 N–H and O–H groups in total. The van der Waals surface area contributed by atoms with Gasteiger partial charge in [-0.3, -0.25) is 4.79 Å². The van der Waals surface area contributed by atoms with Crippen molar-refractivity contribution < 1.29 is 14.3 Å². The number of anilines is 1. The third kappa shape index (κ3) is 9.09. The Bertz CT molecular complexity index is 850. The average molecular weight is 427 g/mol. The molecule has 0 radical (unpaired) electrons. The van der Waals surface area contributed by atoms with Gasteiger partial charge in [-0.1, -0.05) is 24.3 Å². The van der Waals surface area contributed by atoms with Crippen LogP contribution in [-0.4, -0.2) is 45.3 Å². The molecule has 0 aliphatic heterocycles. The molecule has 0 aromatic heterocycles. The highest BCUT2D eigenvalue weighted by Crippen LogP contribution is 2.21. The zero-order chi connectivity index (χ0) is 22.5. The van der Waals surface area contributed by atoms with E-state index in [9.17, 15) is 4.79 Å². The fourth-order valence-electron chi connectivity index (χ4n) is 2.95. The molecule has 7 heteroatoms. The minimum absolute atomic E-state index is 0.0678. The zero-order valence-electron chi connectivity index (χ0n) is 19.0. The van der Waals surface area contributed by atoms with Crippen molar-refractivity contribution in [2.45, 2.75) is 33.7 Å². The van der Waals surface area contributed by atoms with Crippen LogP contribution in [0.15, 0.2) is 47.5 Å². The summed E-state index contributed by atoms with van der Waals surface area (Å²) in [6.07, 6.45) is 0.848. The lowest BCUT2D eigenvalue weighted by Gasteiger charge is -2.14. The fourth-order valence-corrected chi connectivity index (χ4v) is 2.95. The number of guanidine groups is 1. The molecule has 2 rings (SSSR count). The topological polar surface area (TPSA) is 84.0 Å². The van der Waals surface area contributed by atoms with Gasteiger partial charge in [0.05, 0.1) is 13.2 Å². The Labute approximate surface area is 185 Å². The number of carbonyl (C=O) groups is 1. The molecule has 168 valence electrons. The second-order valence-corrected chi connectivity index (χ2v) is 7.20. The lowest BCUT2D eigenvalue weighted by Crippen LogP contribution is -2.38. The molecule has 0 saturated carbocycles. The largest absolute Gasteiger partial charge is 0.491 e. The van der Waals surface area contributed by atoms with Crippen molar-refractivity contribution in [3.8, 4) is 5.75 Å². The van der Waals surface area contributed by atoms with Gasteiger partial charge in [-0.25, -0.2) is 4.99 Å². The maximum absolute atomic E-state index is 11.1. The number of nitrogens with zero attached hydrogens (tertiary/aromatic N) is 1. The minimum atomic E-state index is -0.0678. The molecule has 31 heavy (non-hydrogen) atoms. The molecular weight excluding hydrogens is 392 g/mol. The lowest BCUT2D eigenvalue weighted by molar-refractivity contribution is -0.114. The zero-order valence-corrected chi connectivity index (χ0v) is 19.0. The summed E-state index contributed by atoms with van der Waals surface area (Å²) in [5.74, 6) is 1.54. The Morgan fingerprint density at radius 3 is 2.52 bits per heavy atom. The second kappa shape index (κ2) is 13.3. The molecule has 0 heterocycles. The van der Waals surface area contributed by atoms with Gasteiger partial charge in [0.2, 0.25) is 5.91 Å². The molecule has 0 aliphatic carbocycles. The number of aliphatic imine (C=N–C) groups is 1. The van der Waals surface area contributed by atoms with E-state index in [4.69, 9.17) is 14.5 Å². The summed E-state index contributed by atoms with van der Waals surface area (Å²) in [6, 6.07) is 14.0. The van der Waals surface area contributed by atoms with Crippen LogP contribution < -0.4 is 20.7 Å². The van der Waals surface area contributed by atoms with Gasteiger partial charge in [0.15, 0.2) is 5.96 Å². The number of hydrogen-bond acceptors (Lipinski definition) is 4. The van der Waals surface area contributed by atoms with E-state index in [1.165, 1.54) is 12.5 Å². The first kappa shape index (κ1) is 24.2. The number of aryl methyl sites for hydroxylation is 1. The Balaban J connectivity index is 1.93. The molecule has 2 aromatic carbocycles. The number of methoxy groups -OCH3 is 1. The molecule has 0 fully saturated rings. The molecule has 1 amide bonds. The highest BCUT2D eigenvalue weighted by molar-refractivity contribution is 5.88. The number of amides is 1. The van der Waals surface area contributed by atoms with Gasteiger partial charge >= 0.3 is 0 Å². The molecule has 0 saturated heterocycles. The minimum Gasteiger partial charge on any atom is -0.491 e. The van der Waals surface area contributed by atoms with Crippen molar-refractivity contribution in [3.05, 3.63) is 59.2 Å². The third-order valence-electron chi connectivity index (χ3n) is 4.50. The van der Waals surface area contributed by atoms with E-state index in [0.29, 0.717) is 19.8 Å². The predicted molar refractivity (Wildman–Crippen MR) is 126 cm³/mol. The van der Waals surface area contributed by atoms with E-state index >= 15 is 0 Å². The Morgan fingerprint density at radius 1 is 1.06 bits per heavy atom. The Morgan fingerprint density at radius 2 is 1.84 bits per heavy atom. The van der Waals surface area contributed by atoms with E-state index in [-0.39, 0.29) is 5.91 Å². The van der Waals surface area contributed by atoms with Gasteiger partial charge in [-0.2, -0.15) is 0 Å². The summed E-state index contributed by atoms with van der Waals surface area (Å²) in [7, 11) is 1.66. The normalized spacial score (nSPS) is 11.2. The molecule has 0 atom stereocenters. The average Bonchev–Trinajstić information content (AvgIpc) is 2.74. The third-order valence-corrected chi connectivity index (χ3v) is 4.50. The van der Waals surface area contributed by atoms with Gasteiger partial charge in [0, 0.05) is 38.4 Å². The maximum atomic E-state index is 11.1. The van der Waals surface area contributed by atoms with Crippen LogP contribution in [0.3, 0.4) is 0 Å². The molecule has 2 aromatic rings. The van der Waals surface area contributed by atoms with Crippen LogP contribution in [-0.2, 0) is 22.5 Å². The van der Waals surface area contributed by atoms with Crippen molar-refractivity contribution in [3.63, 3.8) is 0 Å². The van der Waals surface area contributed by atoms with Crippen LogP contribution in [0, 0.1) is 6.92 Å². The molecular formula is C24H34N4O3. The van der Waals surface area contributed by atoms with Crippen molar-refractivity contribution in [1.29, 1.82) is 0 Å². The van der Waals surface area contributed by atoms with Crippen LogP contribution in [0.5, 0.6) is 5.75 Å². The van der Waals surface area contributed by atoms with Gasteiger partial charge in [0.25, 0.3) is 0 Å². The molecule has 0 bridgehead atoms. The van der Waals surface area contributed by atoms with Gasteiger partial charge < -0.3 is 25.4 Å². The summed E-state index contributed by atoms with van der Waals surface area (Å²) in [5, 5.41) is 9.44. The first-order chi connectivity index (χ1) is 15.0. The summed E-state index contributed by atoms with van der Waals surface area (Å²) in [5.41, 5.74) is 4.17. The number of ether oxygens (including phenoxy) is 2. The van der Waals surface area contributed by atoms with Crippen molar-refractivity contribution in [2.24, 2.45) is 4.99 Å². The standard InChI is InChI=1S/C24H34N4O3/c1-5-25-24(26-13-12-20-7-10-22(11-8-20)28-19(3)29)27-17-21-9-6-18(2)16-23(21)31-15-14-30-4/h6-11,16H,5,12-15,17H2,1-4H3,(H,28,29)(H2,25,26,27). The van der Waals surface area contributed by atoms with Crippen LogP contribution in [0.4, 0.5) is 5.69 Å². The summed E-state index contributed by atoms with van der Waals surface area (Å²) in [4.78, 5) is 15.8. The van der Waals surface area contributed by atoms with E-state index in [0.717, 1.165) is 48.0 Å². The monoisotopic (exact) mass is 426 g/mol. The van der Waals surface area contributed by atoms with E-state index in [2.05, 4.69) is 28.1 Å². The molecule has 0 aliphatic rings. The van der Waals surface area contributed by atoms with Crippen molar-refractivity contribution in [2.75, 3.05) is 38.7 Å². The highest BCUT2D eigenvalue weighted by atomic mass is 16.5. The summed E-state index contributed by atoms with van der Waals surface area (Å²) >= 11 is 0. The SMILES string of the molecule is CCNC(=NCc1ccc(C)cc1OCCOC)NCCc1ccc(NC(C)=O)cc1. The Hall–Kier alpha value is -3.06. The highest BCUT2D eigenvalue weighted by Gasteiger charge is 2.06. The predicted octanol–water partition coefficient (Wildman–Crippen LogP) is 3.28. The number of rotatable bonds is 11. The van der Waals surface area contributed by atoms with E-state index < -0.39 is 0 Å². The first-order valence-electron chi connectivity index (χ1n) is 10.6. The van der Waals surface area contributed by atoms with Gasteiger partial charge in [-0.05, 0) is 49.6 Å². The summed E-state index contributed by atoms with van der Waals surface area (Å²) < 4.78 is 10.9. The smallest absolute Gasteiger partial charge is 0.221 e. The number of hydrogen-bond donors (Lipinski definition) is 3. The van der Waals surface area contributed by atoms with Crippen LogP contribution in [0.1, 0.15) is 30.5 Å². The van der Waals surface area contributed by atoms with Crippen molar-refractivity contribution in [1.82, 2.24) is 10.6 Å². The van der Waals surface area contributed by atoms with Crippen LogP contribution >= 0.6 is 0 Å². The van der Waals surface area contributed by atoms with Gasteiger partial charge in [0.1, 0.15) is 12.4 Å². The van der Waals surface area contributed by atoms with E-state index in [1.807, 2.05) is 44.2 Å². The van der Waals surface area contributed by atoms with E-state index in [1.54, 1.807) is 7.11 Å².